The Kier molecular flexibility index (Phi) is 4.45. The smallest absolute Gasteiger partial charge is 0.321 e. The van der Waals surface area contributed by atoms with Crippen molar-refractivity contribution in [2.24, 2.45) is 0 Å². The summed E-state index contributed by atoms with van der Waals surface area (Å²) in [6.45, 7) is 0. The van der Waals surface area contributed by atoms with E-state index in [1.165, 1.54) is 34.8 Å². The molecule has 0 fully saturated rings. The first-order chi connectivity index (χ1) is 12.9. The Labute approximate surface area is 160 Å². The molecule has 136 valence electrons. The lowest BCUT2D eigenvalue weighted by molar-refractivity contribution is -0.137. The molecule has 0 spiro atoms. The molecule has 3 nitrogen and oxygen atoms in total. The number of nitrogens with one attached hydrogen (secondary N) is 1. The number of hydrogen-bond donors (Lipinski definition) is 1. The predicted octanol–water partition coefficient (Wildman–Crippen LogP) is 6.30. The van der Waals surface area contributed by atoms with E-state index in [0.717, 1.165) is 28.0 Å². The van der Waals surface area contributed by atoms with Gasteiger partial charge in [-0.2, -0.15) is 13.2 Å². The zero-order valence-corrected chi connectivity index (χ0v) is 15.2. The molecule has 0 radical (unpaired) electrons. The number of fused-ring (bicyclic) bond motifs is 1. The van der Waals surface area contributed by atoms with Crippen LogP contribution < -0.4 is 5.32 Å². The van der Waals surface area contributed by atoms with Crippen LogP contribution in [0.2, 0.25) is 0 Å². The normalized spacial score (nSPS) is 11.7. The highest BCUT2D eigenvalue weighted by Gasteiger charge is 2.30. The summed E-state index contributed by atoms with van der Waals surface area (Å²) in [5.41, 5.74) is 0.0386. The average molecular weight is 404 g/mol. The molecule has 8 heteroatoms. The first kappa shape index (κ1) is 17.7. The second-order valence-electron chi connectivity index (χ2n) is 5.67. The Morgan fingerprint density at radius 2 is 1.93 bits per heavy atom. The van der Waals surface area contributed by atoms with E-state index in [1.54, 1.807) is 12.3 Å². The van der Waals surface area contributed by atoms with Gasteiger partial charge in [0.1, 0.15) is 9.71 Å². The van der Waals surface area contributed by atoms with Crippen LogP contribution in [-0.4, -0.2) is 10.9 Å². The van der Waals surface area contributed by atoms with Gasteiger partial charge in [-0.05, 0) is 41.8 Å². The minimum absolute atomic E-state index is 0.0948. The topological polar surface area (TPSA) is 42.0 Å². The standard InChI is InChI=1S/C19H11F3N2OS2/c20-19(21,22)11-4-1-5-12(10-11)24-17(25)16-15(14-7-3-9-26-14)13-6-2-8-23-18(13)27-16/h1-10H,(H,24,25). The summed E-state index contributed by atoms with van der Waals surface area (Å²) < 4.78 is 38.7. The number of nitrogens with zero attached hydrogens (tertiary/aromatic N) is 1. The average Bonchev–Trinajstić information content (AvgIpc) is 3.28. The van der Waals surface area contributed by atoms with Crippen molar-refractivity contribution in [3.05, 3.63) is 70.5 Å². The number of pyridine rings is 1. The predicted molar refractivity (Wildman–Crippen MR) is 102 cm³/mol. The van der Waals surface area contributed by atoms with Gasteiger partial charge in [0.2, 0.25) is 0 Å². The lowest BCUT2D eigenvalue weighted by Gasteiger charge is -2.10. The van der Waals surface area contributed by atoms with E-state index < -0.39 is 17.6 Å². The molecule has 4 rings (SSSR count). The summed E-state index contributed by atoms with van der Waals surface area (Å²) >= 11 is 2.71. The highest BCUT2D eigenvalue weighted by molar-refractivity contribution is 7.22. The van der Waals surface area contributed by atoms with Gasteiger partial charge in [0, 0.05) is 27.7 Å². The van der Waals surface area contributed by atoms with Crippen LogP contribution in [0, 0.1) is 0 Å². The molecule has 1 aromatic carbocycles. The molecule has 0 unspecified atom stereocenters. The lowest BCUT2D eigenvalue weighted by atomic mass is 10.1. The zero-order chi connectivity index (χ0) is 19.0. The van der Waals surface area contributed by atoms with Crippen LogP contribution in [0.15, 0.2) is 60.1 Å². The number of hydrogen-bond acceptors (Lipinski definition) is 4. The van der Waals surface area contributed by atoms with Crippen molar-refractivity contribution >= 4 is 44.5 Å². The fourth-order valence-corrected chi connectivity index (χ4v) is 4.63. The molecule has 3 heterocycles. The van der Waals surface area contributed by atoms with E-state index in [-0.39, 0.29) is 5.69 Å². The number of benzene rings is 1. The van der Waals surface area contributed by atoms with Crippen LogP contribution in [-0.2, 0) is 6.18 Å². The maximum Gasteiger partial charge on any atom is 0.416 e. The molecule has 0 bridgehead atoms. The van der Waals surface area contributed by atoms with Crippen molar-refractivity contribution in [2.75, 3.05) is 5.32 Å². The van der Waals surface area contributed by atoms with Crippen LogP contribution in [0.1, 0.15) is 15.2 Å². The summed E-state index contributed by atoms with van der Waals surface area (Å²) in [5.74, 6) is -0.458. The van der Waals surface area contributed by atoms with Crippen molar-refractivity contribution in [3.8, 4) is 10.4 Å². The molecule has 27 heavy (non-hydrogen) atoms. The summed E-state index contributed by atoms with van der Waals surface area (Å²) in [6, 6.07) is 12.1. The van der Waals surface area contributed by atoms with Gasteiger partial charge in [0.05, 0.1) is 5.56 Å². The number of carbonyl (C=O) groups excluding carboxylic acids is 1. The highest BCUT2D eigenvalue weighted by Crippen LogP contribution is 2.40. The SMILES string of the molecule is O=C(Nc1cccc(C(F)(F)F)c1)c1sc2ncccc2c1-c1cccs1. The van der Waals surface area contributed by atoms with Gasteiger partial charge in [-0.1, -0.05) is 12.1 Å². The van der Waals surface area contributed by atoms with E-state index in [4.69, 9.17) is 0 Å². The monoisotopic (exact) mass is 404 g/mol. The molecule has 0 aliphatic heterocycles. The highest BCUT2D eigenvalue weighted by atomic mass is 32.1. The largest absolute Gasteiger partial charge is 0.416 e. The van der Waals surface area contributed by atoms with E-state index >= 15 is 0 Å². The Balaban J connectivity index is 1.75. The number of alkyl halides is 3. The number of rotatable bonds is 3. The Morgan fingerprint density at radius 3 is 2.67 bits per heavy atom. The number of amides is 1. The Bertz CT molecular complexity index is 1120. The summed E-state index contributed by atoms with van der Waals surface area (Å²) in [4.78, 5) is 19.2. The maximum atomic E-state index is 12.9. The van der Waals surface area contributed by atoms with Crippen molar-refractivity contribution in [1.82, 2.24) is 4.98 Å². The summed E-state index contributed by atoms with van der Waals surface area (Å²) in [7, 11) is 0. The quantitative estimate of drug-likeness (QED) is 0.436. The molecular formula is C19H11F3N2OS2. The third kappa shape index (κ3) is 3.45. The van der Waals surface area contributed by atoms with Gasteiger partial charge < -0.3 is 5.32 Å². The number of anilines is 1. The number of aromatic nitrogens is 1. The number of thiophene rings is 2. The molecule has 0 aliphatic rings. The Hall–Kier alpha value is -2.71. The van der Waals surface area contributed by atoms with Crippen molar-refractivity contribution < 1.29 is 18.0 Å². The van der Waals surface area contributed by atoms with Crippen molar-refractivity contribution in [2.45, 2.75) is 6.18 Å². The maximum absolute atomic E-state index is 12.9. The van der Waals surface area contributed by atoms with Gasteiger partial charge in [-0.3, -0.25) is 4.79 Å². The van der Waals surface area contributed by atoms with E-state index in [0.29, 0.717) is 9.71 Å². The van der Waals surface area contributed by atoms with Crippen LogP contribution in [0.25, 0.3) is 20.7 Å². The molecule has 3 aromatic heterocycles. The molecule has 1 amide bonds. The van der Waals surface area contributed by atoms with Gasteiger partial charge in [0.15, 0.2) is 0 Å². The molecule has 0 saturated heterocycles. The lowest BCUT2D eigenvalue weighted by Crippen LogP contribution is -2.12. The molecule has 0 saturated carbocycles. The Morgan fingerprint density at radius 1 is 1.07 bits per heavy atom. The van der Waals surface area contributed by atoms with Crippen LogP contribution in [0.5, 0.6) is 0 Å². The molecular weight excluding hydrogens is 393 g/mol. The number of carbonyl (C=O) groups is 1. The van der Waals surface area contributed by atoms with Crippen molar-refractivity contribution in [1.29, 1.82) is 0 Å². The second-order valence-corrected chi connectivity index (χ2v) is 7.62. The molecule has 0 aliphatic carbocycles. The summed E-state index contributed by atoms with van der Waals surface area (Å²) in [5, 5.41) is 5.34. The third-order valence-electron chi connectivity index (χ3n) is 3.89. The molecule has 1 N–H and O–H groups in total. The van der Waals surface area contributed by atoms with E-state index in [2.05, 4.69) is 10.3 Å². The second kappa shape index (κ2) is 6.79. The fourth-order valence-electron chi connectivity index (χ4n) is 2.72. The number of halogens is 3. The van der Waals surface area contributed by atoms with Crippen LogP contribution >= 0.6 is 22.7 Å². The minimum Gasteiger partial charge on any atom is -0.321 e. The third-order valence-corrected chi connectivity index (χ3v) is 5.89. The zero-order valence-electron chi connectivity index (χ0n) is 13.6. The van der Waals surface area contributed by atoms with Gasteiger partial charge in [-0.25, -0.2) is 4.98 Å². The van der Waals surface area contributed by atoms with Gasteiger partial charge in [-0.15, -0.1) is 22.7 Å². The van der Waals surface area contributed by atoms with Crippen LogP contribution in [0.3, 0.4) is 0 Å². The van der Waals surface area contributed by atoms with Crippen molar-refractivity contribution in [3.63, 3.8) is 0 Å². The molecule has 4 aromatic rings. The fraction of sp³-hybridized carbons (Fsp3) is 0.0526. The van der Waals surface area contributed by atoms with Gasteiger partial charge in [0.25, 0.3) is 5.91 Å². The first-order valence-corrected chi connectivity index (χ1v) is 9.53. The van der Waals surface area contributed by atoms with Crippen LogP contribution in [0.4, 0.5) is 18.9 Å². The minimum atomic E-state index is -4.47. The first-order valence-electron chi connectivity index (χ1n) is 7.83. The van der Waals surface area contributed by atoms with Gasteiger partial charge >= 0.3 is 6.18 Å². The summed E-state index contributed by atoms with van der Waals surface area (Å²) in [6.07, 6.45) is -2.82. The molecule has 0 atom stereocenters. The van der Waals surface area contributed by atoms with E-state index in [1.807, 2.05) is 23.6 Å². The van der Waals surface area contributed by atoms with E-state index in [9.17, 15) is 18.0 Å².